The van der Waals surface area contributed by atoms with Crippen molar-refractivity contribution in [3.63, 3.8) is 0 Å². The van der Waals surface area contributed by atoms with Crippen LogP contribution < -0.4 is 0 Å². The molecule has 0 bridgehead atoms. The molecule has 0 saturated carbocycles. The minimum absolute atomic E-state index is 0.0118. The maximum atomic E-state index is 14.6. The zero-order valence-corrected chi connectivity index (χ0v) is 35.3. The Morgan fingerprint density at radius 3 is 1.85 bits per heavy atom. The number of fused-ring (bicyclic) bond motifs is 2. The van der Waals surface area contributed by atoms with E-state index in [-0.39, 0.29) is 62.1 Å². The van der Waals surface area contributed by atoms with Crippen molar-refractivity contribution in [3.8, 4) is 34.0 Å². The van der Waals surface area contributed by atoms with Crippen LogP contribution in [0.1, 0.15) is 101 Å². The molecular formula is C43H30Br2ClF3N4O8. The maximum Gasteiger partial charge on any atom is 0.417 e. The number of carboxylic acids is 2. The topological polar surface area (TPSA) is 185 Å². The van der Waals surface area contributed by atoms with E-state index in [4.69, 9.17) is 16.6 Å². The van der Waals surface area contributed by atoms with E-state index in [2.05, 4.69) is 36.8 Å². The molecule has 2 aromatic heterocycles. The van der Waals surface area contributed by atoms with Crippen molar-refractivity contribution in [2.24, 2.45) is 0 Å². The van der Waals surface area contributed by atoms with Crippen LogP contribution in [0.4, 0.5) is 13.2 Å². The van der Waals surface area contributed by atoms with Crippen molar-refractivity contribution in [2.75, 3.05) is 0 Å². The van der Waals surface area contributed by atoms with Crippen molar-refractivity contribution in [1.29, 1.82) is 0 Å². The van der Waals surface area contributed by atoms with Gasteiger partial charge in [-0.3, -0.25) is 9.59 Å². The van der Waals surface area contributed by atoms with E-state index in [9.17, 15) is 52.8 Å². The predicted molar refractivity (Wildman–Crippen MR) is 222 cm³/mol. The molecule has 312 valence electrons. The molecule has 2 aliphatic heterocycles. The summed E-state index contributed by atoms with van der Waals surface area (Å²) < 4.78 is 46.5. The molecule has 18 heteroatoms. The van der Waals surface area contributed by atoms with Gasteiger partial charge in [0, 0.05) is 50.5 Å². The molecule has 0 amide bonds. The lowest BCUT2D eigenvalue weighted by atomic mass is 9.88. The van der Waals surface area contributed by atoms with E-state index < -0.39 is 58.2 Å². The minimum atomic E-state index is -4.90. The molecule has 8 rings (SSSR count). The van der Waals surface area contributed by atoms with E-state index in [1.165, 1.54) is 47.0 Å². The normalized spacial score (nSPS) is 15.0. The van der Waals surface area contributed by atoms with Crippen LogP contribution in [-0.2, 0) is 32.1 Å². The lowest BCUT2D eigenvalue weighted by Gasteiger charge is -2.28. The van der Waals surface area contributed by atoms with Crippen molar-refractivity contribution in [3.05, 3.63) is 137 Å². The van der Waals surface area contributed by atoms with Crippen LogP contribution in [0.15, 0.2) is 75.7 Å². The number of imidazole rings is 2. The van der Waals surface area contributed by atoms with Crippen molar-refractivity contribution in [1.82, 2.24) is 19.1 Å². The summed E-state index contributed by atoms with van der Waals surface area (Å²) in [5.41, 5.74) is 0.512. The average Bonchev–Trinajstić information content (AvgIpc) is 3.79. The van der Waals surface area contributed by atoms with Crippen LogP contribution in [0.3, 0.4) is 0 Å². The zero-order valence-electron chi connectivity index (χ0n) is 31.4. The van der Waals surface area contributed by atoms with E-state index in [1.807, 2.05) is 0 Å². The summed E-state index contributed by atoms with van der Waals surface area (Å²) in [6, 6.07) is 14.5. The smallest absolute Gasteiger partial charge is 0.417 e. The second-order valence-corrected chi connectivity index (χ2v) is 16.7. The van der Waals surface area contributed by atoms with Crippen LogP contribution in [0, 0.1) is 0 Å². The Hall–Kier alpha value is -5.78. The van der Waals surface area contributed by atoms with Gasteiger partial charge in [0.15, 0.2) is 11.6 Å². The summed E-state index contributed by atoms with van der Waals surface area (Å²) in [5, 5.41) is 40.0. The number of aromatic carboxylic acids is 2. The Morgan fingerprint density at radius 2 is 1.28 bits per heavy atom. The molecule has 4 heterocycles. The first-order valence-electron chi connectivity index (χ1n) is 18.7. The zero-order chi connectivity index (χ0) is 43.7. The van der Waals surface area contributed by atoms with Gasteiger partial charge in [-0.05, 0) is 96.1 Å². The third-order valence-corrected chi connectivity index (χ3v) is 12.8. The molecule has 12 nitrogen and oxygen atoms in total. The number of alkyl halides is 3. The highest BCUT2D eigenvalue weighted by atomic mass is 79.9. The van der Waals surface area contributed by atoms with Gasteiger partial charge in [0.05, 0.1) is 33.1 Å². The number of phenols is 2. The molecule has 4 aromatic carbocycles. The first-order chi connectivity index (χ1) is 29.0. The van der Waals surface area contributed by atoms with Gasteiger partial charge >= 0.3 is 18.1 Å². The summed E-state index contributed by atoms with van der Waals surface area (Å²) in [7, 11) is 0. The molecule has 1 unspecified atom stereocenters. The van der Waals surface area contributed by atoms with Crippen LogP contribution in [0.5, 0.6) is 11.5 Å². The van der Waals surface area contributed by atoms with Crippen molar-refractivity contribution >= 4 is 67.0 Å². The number of carbonyl (C=O) groups excluding carboxylic acids is 2. The fourth-order valence-electron chi connectivity index (χ4n) is 8.19. The second kappa shape index (κ2) is 15.9. The molecule has 0 radical (unpaired) electrons. The number of carboxylic acid groups (broad SMARTS) is 2. The Balaban J connectivity index is 1.21. The first kappa shape index (κ1) is 41.9. The number of rotatable bonds is 9. The summed E-state index contributed by atoms with van der Waals surface area (Å²) in [5.74, 6) is -6.02. The van der Waals surface area contributed by atoms with E-state index in [0.29, 0.717) is 46.4 Å². The third kappa shape index (κ3) is 7.41. The molecule has 4 N–H and O–H groups in total. The quantitative estimate of drug-likeness (QED) is 0.102. The molecule has 61 heavy (non-hydrogen) atoms. The molecule has 0 aliphatic carbocycles. The fourth-order valence-corrected chi connectivity index (χ4v) is 9.77. The number of ketones is 2. The van der Waals surface area contributed by atoms with E-state index in [0.717, 1.165) is 30.7 Å². The average molecular weight is 983 g/mol. The third-order valence-electron chi connectivity index (χ3n) is 11.1. The highest BCUT2D eigenvalue weighted by molar-refractivity contribution is 9.10. The Kier molecular flexibility index (Phi) is 10.9. The van der Waals surface area contributed by atoms with Gasteiger partial charge in [0.25, 0.3) is 0 Å². The number of carbonyl (C=O) groups is 4. The van der Waals surface area contributed by atoms with E-state index in [1.54, 1.807) is 16.7 Å². The molecule has 0 saturated heterocycles. The van der Waals surface area contributed by atoms with Gasteiger partial charge in [-0.1, -0.05) is 51.8 Å². The van der Waals surface area contributed by atoms with Crippen molar-refractivity contribution in [2.45, 2.75) is 57.3 Å². The minimum Gasteiger partial charge on any atom is -0.507 e. The van der Waals surface area contributed by atoms with Crippen LogP contribution in [-0.4, -0.2) is 63.0 Å². The molecule has 6 aromatic rings. The lowest BCUT2D eigenvalue weighted by molar-refractivity contribution is -0.137. The van der Waals surface area contributed by atoms with Crippen LogP contribution in [0.25, 0.3) is 22.5 Å². The molecular weight excluding hydrogens is 953 g/mol. The Bertz CT molecular complexity index is 2870. The number of aromatic nitrogens is 4. The van der Waals surface area contributed by atoms with Crippen molar-refractivity contribution < 1.29 is 52.8 Å². The fraction of sp³-hybridized carbons (Fsp3) is 0.209. The highest BCUT2D eigenvalue weighted by Crippen LogP contribution is 2.43. The summed E-state index contributed by atoms with van der Waals surface area (Å²) >= 11 is 13.8. The molecule has 1 atom stereocenters. The number of hydrogen-bond acceptors (Lipinski definition) is 8. The molecule has 0 fully saturated rings. The summed E-state index contributed by atoms with van der Waals surface area (Å²) in [4.78, 5) is 61.5. The number of hydrogen-bond donors (Lipinski definition) is 4. The Labute approximate surface area is 365 Å². The van der Waals surface area contributed by atoms with Gasteiger partial charge in [0.1, 0.15) is 22.6 Å². The predicted octanol–water partition coefficient (Wildman–Crippen LogP) is 9.95. The summed E-state index contributed by atoms with van der Waals surface area (Å²) in [6.45, 7) is 0.454. The number of nitrogens with zero attached hydrogens (tertiary/aromatic N) is 4. The van der Waals surface area contributed by atoms with Crippen LogP contribution in [0.2, 0.25) is 5.02 Å². The van der Waals surface area contributed by atoms with Gasteiger partial charge in [-0.15, -0.1) is 0 Å². The number of aromatic hydroxyl groups is 2. The van der Waals surface area contributed by atoms with Gasteiger partial charge in [0.2, 0.25) is 11.6 Å². The van der Waals surface area contributed by atoms with Gasteiger partial charge < -0.3 is 29.6 Å². The first-order valence-corrected chi connectivity index (χ1v) is 20.7. The lowest BCUT2D eigenvalue weighted by Crippen LogP contribution is -2.24. The molecule has 0 spiro atoms. The largest absolute Gasteiger partial charge is 0.507 e. The van der Waals surface area contributed by atoms with E-state index >= 15 is 0 Å². The monoisotopic (exact) mass is 980 g/mol. The number of benzene rings is 4. The summed E-state index contributed by atoms with van der Waals surface area (Å²) in [6.07, 6.45) is -2.18. The highest BCUT2D eigenvalue weighted by Gasteiger charge is 2.39. The van der Waals surface area contributed by atoms with Gasteiger partial charge in [-0.25, -0.2) is 19.6 Å². The van der Waals surface area contributed by atoms with Gasteiger partial charge in [-0.2, -0.15) is 13.2 Å². The standard InChI is InChI=1S/C43H30Br2ClF3N4O8/c44-26-5-3-4-25(43(47,48)49)32(26)37(56)40-51-36(20-8-11-24(42(60)61)31(55)17-20)29-14-9-21(18-53(29)40)22-12-13-27(45)33(34(22)46)38(57)39-50-35(28-6-1-2-15-52(28)39)19-7-10-23(41(58)59)30(54)16-19/h3-5,7-8,10-13,16-17,21,54-55H,1-2,6,9,14-15,18H2,(H,58,59)(H,60,61). The maximum absolute atomic E-state index is 14.6. The Morgan fingerprint density at radius 1 is 0.721 bits per heavy atom. The number of halogens is 6. The molecule has 2 aliphatic rings. The van der Waals surface area contributed by atoms with Crippen LogP contribution >= 0.6 is 43.5 Å². The SMILES string of the molecule is O=C(O)c1ccc(-c2nc(C(=O)c3c(Br)cccc3C(F)(F)F)n3c2CCC(c2ccc(Br)c(C(=O)c4nc(-c5ccc(C(=O)O)c(O)c5)c5n4CCCC5)c2Cl)C3)cc1O. The second-order valence-electron chi connectivity index (χ2n) is 14.6.